The first-order chi connectivity index (χ1) is 16.3. The summed E-state index contributed by atoms with van der Waals surface area (Å²) < 4.78 is 84.4. The number of unbranched alkanes of at least 4 members (excludes halogenated alkanes) is 2. The summed E-state index contributed by atoms with van der Waals surface area (Å²) in [6, 6.07) is 4.26. The number of aliphatic carboxylic acids is 1. The average Bonchev–Trinajstić information content (AvgIpc) is 3.31. The zero-order valence-corrected chi connectivity index (χ0v) is 19.3. The van der Waals surface area contributed by atoms with Crippen molar-refractivity contribution in [3.8, 4) is 11.3 Å². The van der Waals surface area contributed by atoms with Crippen molar-refractivity contribution in [2.75, 3.05) is 6.54 Å². The van der Waals surface area contributed by atoms with Crippen molar-refractivity contribution in [3.05, 3.63) is 52.1 Å². The van der Waals surface area contributed by atoms with Crippen molar-refractivity contribution in [1.29, 1.82) is 0 Å². The van der Waals surface area contributed by atoms with Crippen molar-refractivity contribution in [2.24, 2.45) is 0 Å². The molecule has 0 atom stereocenters. The van der Waals surface area contributed by atoms with Crippen LogP contribution in [0.25, 0.3) is 17.4 Å². The number of alkyl halides is 6. The number of hydrogen-bond acceptors (Lipinski definition) is 5. The normalized spacial score (nSPS) is 15.9. The zero-order chi connectivity index (χ0) is 26.0. The SMILES string of the molecule is O=C(O)CCCCCN1C(=O)C(=Cc2ccc(-c3ccc(C(F)(F)F)c(C(F)(F)F)c3)o2)SC1=S. The molecular formula is C22H17F6NO4S2. The summed E-state index contributed by atoms with van der Waals surface area (Å²) in [5.41, 5.74) is -3.84. The van der Waals surface area contributed by atoms with E-state index in [1.807, 2.05) is 0 Å². The topological polar surface area (TPSA) is 70.8 Å². The molecule has 1 aliphatic heterocycles. The van der Waals surface area contributed by atoms with E-state index in [9.17, 15) is 35.9 Å². The number of carboxylic acids is 1. The van der Waals surface area contributed by atoms with Gasteiger partial charge in [-0.05, 0) is 37.1 Å². The number of thioether (sulfide) groups is 1. The molecule has 2 heterocycles. The molecule has 0 aliphatic carbocycles. The molecule has 1 saturated heterocycles. The van der Waals surface area contributed by atoms with E-state index in [4.69, 9.17) is 21.7 Å². The summed E-state index contributed by atoms with van der Waals surface area (Å²) in [4.78, 5) is 24.8. The highest BCUT2D eigenvalue weighted by atomic mass is 32.2. The highest BCUT2D eigenvalue weighted by Crippen LogP contribution is 2.42. The number of nitrogens with zero attached hydrogens (tertiary/aromatic N) is 1. The van der Waals surface area contributed by atoms with Gasteiger partial charge < -0.3 is 9.52 Å². The number of carbonyl (C=O) groups is 2. The molecule has 0 radical (unpaired) electrons. The molecule has 13 heteroatoms. The van der Waals surface area contributed by atoms with Gasteiger partial charge in [0, 0.05) is 24.6 Å². The zero-order valence-electron chi connectivity index (χ0n) is 17.7. The Labute approximate surface area is 204 Å². The van der Waals surface area contributed by atoms with Crippen LogP contribution in [0.4, 0.5) is 26.3 Å². The molecule has 1 aromatic heterocycles. The number of rotatable bonds is 8. The van der Waals surface area contributed by atoms with Crippen molar-refractivity contribution in [2.45, 2.75) is 38.0 Å². The predicted octanol–water partition coefficient (Wildman–Crippen LogP) is 6.83. The number of carboxylic acid groups (broad SMARTS) is 1. The van der Waals surface area contributed by atoms with Crippen molar-refractivity contribution >= 4 is 46.3 Å². The summed E-state index contributed by atoms with van der Waals surface area (Å²) in [5.74, 6) is -1.30. The van der Waals surface area contributed by atoms with Crippen LogP contribution in [0.15, 0.2) is 39.7 Å². The Morgan fingerprint density at radius 2 is 1.71 bits per heavy atom. The Hall–Kier alpha value is -2.80. The summed E-state index contributed by atoms with van der Waals surface area (Å²) in [5, 5.41) is 8.65. The number of amides is 1. The molecule has 1 fully saturated rings. The Kier molecular flexibility index (Phi) is 8.00. The maximum Gasteiger partial charge on any atom is 0.417 e. The third-order valence-corrected chi connectivity index (χ3v) is 6.34. The van der Waals surface area contributed by atoms with Gasteiger partial charge >= 0.3 is 18.3 Å². The number of thiocarbonyl (C=S) groups is 1. The lowest BCUT2D eigenvalue weighted by molar-refractivity contribution is -0.162. The van der Waals surface area contributed by atoms with Crippen molar-refractivity contribution < 1.29 is 45.5 Å². The average molecular weight is 538 g/mol. The molecule has 0 saturated carbocycles. The van der Waals surface area contributed by atoms with Gasteiger partial charge in [-0.2, -0.15) is 26.3 Å². The van der Waals surface area contributed by atoms with Gasteiger partial charge in [-0.25, -0.2) is 0 Å². The van der Waals surface area contributed by atoms with Gasteiger partial charge in [-0.15, -0.1) is 0 Å². The Morgan fingerprint density at radius 3 is 2.34 bits per heavy atom. The van der Waals surface area contributed by atoms with Crippen LogP contribution >= 0.6 is 24.0 Å². The highest BCUT2D eigenvalue weighted by molar-refractivity contribution is 8.26. The first-order valence-electron chi connectivity index (χ1n) is 10.1. The van der Waals surface area contributed by atoms with Gasteiger partial charge in [-0.3, -0.25) is 14.5 Å². The number of halogens is 6. The fourth-order valence-electron chi connectivity index (χ4n) is 3.31. The molecule has 1 aromatic carbocycles. The molecule has 2 aromatic rings. The smallest absolute Gasteiger partial charge is 0.417 e. The minimum atomic E-state index is -5.22. The van der Waals surface area contributed by atoms with Crippen LogP contribution in [-0.2, 0) is 21.9 Å². The molecular weight excluding hydrogens is 520 g/mol. The largest absolute Gasteiger partial charge is 0.481 e. The number of benzene rings is 1. The molecule has 3 rings (SSSR count). The maximum atomic E-state index is 13.2. The van der Waals surface area contributed by atoms with Gasteiger partial charge in [0.2, 0.25) is 0 Å². The molecule has 5 nitrogen and oxygen atoms in total. The van der Waals surface area contributed by atoms with Gasteiger partial charge in [0.15, 0.2) is 0 Å². The third kappa shape index (κ3) is 6.66. The molecule has 0 unspecified atom stereocenters. The Balaban J connectivity index is 1.75. The lowest BCUT2D eigenvalue weighted by Gasteiger charge is -2.16. The standard InChI is InChI=1S/C22H17F6NO4S2/c23-21(24,25)14-7-5-12(10-15(14)22(26,27)28)16-8-6-13(33-16)11-17-19(32)29(20(34)35-17)9-3-1-2-4-18(30)31/h5-8,10-11H,1-4,9H2,(H,30,31). The van der Waals surface area contributed by atoms with E-state index < -0.39 is 35.4 Å². The van der Waals surface area contributed by atoms with E-state index in [1.54, 1.807) is 0 Å². The van der Waals surface area contributed by atoms with Crippen LogP contribution < -0.4 is 0 Å². The second kappa shape index (κ2) is 10.4. The molecule has 1 N–H and O–H groups in total. The second-order valence-corrected chi connectivity index (χ2v) is 9.17. The first-order valence-corrected chi connectivity index (χ1v) is 11.4. The van der Waals surface area contributed by atoms with Crippen molar-refractivity contribution in [1.82, 2.24) is 4.90 Å². The van der Waals surface area contributed by atoms with E-state index in [1.165, 1.54) is 23.1 Å². The molecule has 35 heavy (non-hydrogen) atoms. The van der Waals surface area contributed by atoms with E-state index in [0.29, 0.717) is 42.3 Å². The van der Waals surface area contributed by atoms with Gasteiger partial charge in [0.1, 0.15) is 15.8 Å². The van der Waals surface area contributed by atoms with E-state index >= 15 is 0 Å². The fraction of sp³-hybridized carbons (Fsp3) is 0.318. The Bertz CT molecular complexity index is 1170. The van der Waals surface area contributed by atoms with E-state index in [2.05, 4.69) is 0 Å². The molecule has 0 spiro atoms. The minimum absolute atomic E-state index is 0.0303. The quantitative estimate of drug-likeness (QED) is 0.172. The third-order valence-electron chi connectivity index (χ3n) is 4.96. The van der Waals surface area contributed by atoms with Crippen molar-refractivity contribution in [3.63, 3.8) is 0 Å². The van der Waals surface area contributed by atoms with Gasteiger partial charge in [-0.1, -0.05) is 36.5 Å². The Morgan fingerprint density at radius 1 is 1.03 bits per heavy atom. The first kappa shape index (κ1) is 26.8. The molecule has 188 valence electrons. The minimum Gasteiger partial charge on any atom is -0.481 e. The fourth-order valence-corrected chi connectivity index (χ4v) is 4.60. The van der Waals surface area contributed by atoms with Crippen LogP contribution in [-0.4, -0.2) is 32.7 Å². The van der Waals surface area contributed by atoms with E-state index in [0.717, 1.165) is 17.8 Å². The number of carbonyl (C=O) groups excluding carboxylic acids is 1. The number of furan rings is 1. The van der Waals surface area contributed by atoms with Crippen LogP contribution in [0.5, 0.6) is 0 Å². The van der Waals surface area contributed by atoms with Crippen LogP contribution in [0.1, 0.15) is 42.6 Å². The predicted molar refractivity (Wildman–Crippen MR) is 120 cm³/mol. The second-order valence-electron chi connectivity index (χ2n) is 7.50. The summed E-state index contributed by atoms with van der Waals surface area (Å²) in [6.07, 6.45) is -7.41. The lowest BCUT2D eigenvalue weighted by Crippen LogP contribution is -2.29. The lowest BCUT2D eigenvalue weighted by atomic mass is 10.0. The molecule has 0 bridgehead atoms. The van der Waals surface area contributed by atoms with Crippen LogP contribution in [0.2, 0.25) is 0 Å². The highest BCUT2D eigenvalue weighted by Gasteiger charge is 2.43. The van der Waals surface area contributed by atoms with Crippen LogP contribution in [0.3, 0.4) is 0 Å². The number of hydrogen-bond donors (Lipinski definition) is 1. The van der Waals surface area contributed by atoms with Gasteiger partial charge in [0.25, 0.3) is 5.91 Å². The summed E-state index contributed by atoms with van der Waals surface area (Å²) in [7, 11) is 0. The van der Waals surface area contributed by atoms with Crippen LogP contribution in [0, 0.1) is 0 Å². The molecule has 1 aliphatic rings. The maximum absolute atomic E-state index is 13.2. The monoisotopic (exact) mass is 537 g/mol. The van der Waals surface area contributed by atoms with E-state index in [-0.39, 0.29) is 28.4 Å². The van der Waals surface area contributed by atoms with Gasteiger partial charge in [0.05, 0.1) is 16.0 Å². The summed E-state index contributed by atoms with van der Waals surface area (Å²) in [6.45, 7) is 0.302. The summed E-state index contributed by atoms with van der Waals surface area (Å²) >= 11 is 6.21. The molecule has 1 amide bonds.